The predicted octanol–water partition coefficient (Wildman–Crippen LogP) is 2.97. The summed E-state index contributed by atoms with van der Waals surface area (Å²) in [6.07, 6.45) is 9.34. The third-order valence-electron chi connectivity index (χ3n) is 6.93. The molecule has 1 N–H and O–H groups in total. The first-order chi connectivity index (χ1) is 9.87. The fourth-order valence-electron chi connectivity index (χ4n) is 7.28. The third kappa shape index (κ3) is 1.99. The Kier molecular flexibility index (Phi) is 2.84. The first kappa shape index (κ1) is 14.0. The van der Waals surface area contributed by atoms with Crippen LogP contribution in [-0.2, 0) is 4.79 Å². The molecule has 1 aliphatic heterocycles. The summed E-state index contributed by atoms with van der Waals surface area (Å²) in [5.74, 6) is 1.15. The quantitative estimate of drug-likeness (QED) is 0.849. The number of hydrogen-bond acceptors (Lipinski definition) is 2. The van der Waals surface area contributed by atoms with Crippen molar-refractivity contribution in [2.45, 2.75) is 71.3 Å². The number of rotatable bonds is 2. The number of carbonyl (C=O) groups is 1. The maximum atomic E-state index is 13.4. The highest BCUT2D eigenvalue weighted by Gasteiger charge is 2.63. The number of amides is 1. The summed E-state index contributed by atoms with van der Waals surface area (Å²) in [5.41, 5.74) is 0.678. The van der Waals surface area contributed by atoms with Gasteiger partial charge in [-0.25, -0.2) is 0 Å². The Labute approximate surface area is 128 Å². The molecule has 5 fully saturated rings. The second-order valence-corrected chi connectivity index (χ2v) is 9.39. The molecule has 0 spiro atoms. The molecule has 118 valence electrons. The normalized spacial score (nSPS) is 51.7. The van der Waals surface area contributed by atoms with Crippen molar-refractivity contribution in [2.75, 3.05) is 13.2 Å². The molecule has 4 aliphatic carbocycles. The van der Waals surface area contributed by atoms with E-state index in [4.69, 9.17) is 0 Å². The van der Waals surface area contributed by atoms with E-state index in [0.717, 1.165) is 44.6 Å². The van der Waals surface area contributed by atoms with E-state index in [2.05, 4.69) is 13.8 Å². The average Bonchev–Trinajstić information content (AvgIpc) is 2.81. The molecule has 3 atom stereocenters. The van der Waals surface area contributed by atoms with Crippen molar-refractivity contribution in [1.82, 2.24) is 4.90 Å². The fraction of sp³-hybridized carbons (Fsp3) is 0.944. The molecular weight excluding hydrogens is 262 g/mol. The number of hydrogen-bond donors (Lipinski definition) is 1. The van der Waals surface area contributed by atoms with Gasteiger partial charge in [-0.3, -0.25) is 4.79 Å². The zero-order valence-corrected chi connectivity index (χ0v) is 13.5. The summed E-state index contributed by atoms with van der Waals surface area (Å²) in [6.45, 7) is 5.85. The van der Waals surface area contributed by atoms with Gasteiger partial charge in [-0.1, -0.05) is 13.8 Å². The average molecular weight is 291 g/mol. The fourth-order valence-corrected chi connectivity index (χ4v) is 7.28. The number of aliphatic hydroxyl groups is 1. The van der Waals surface area contributed by atoms with Crippen LogP contribution in [0.15, 0.2) is 0 Å². The second-order valence-electron chi connectivity index (χ2n) is 9.39. The van der Waals surface area contributed by atoms with Crippen LogP contribution in [0.3, 0.4) is 0 Å². The van der Waals surface area contributed by atoms with E-state index in [-0.39, 0.29) is 18.1 Å². The smallest absolute Gasteiger partial charge is 0.229 e. The number of aliphatic hydroxyl groups excluding tert-OH is 1. The molecule has 5 rings (SSSR count). The van der Waals surface area contributed by atoms with Crippen LogP contribution in [0.2, 0.25) is 0 Å². The summed E-state index contributed by atoms with van der Waals surface area (Å²) in [5, 5.41) is 9.57. The topological polar surface area (TPSA) is 40.5 Å². The van der Waals surface area contributed by atoms with E-state index in [9.17, 15) is 9.90 Å². The summed E-state index contributed by atoms with van der Waals surface area (Å²) >= 11 is 0. The van der Waals surface area contributed by atoms with E-state index >= 15 is 0 Å². The van der Waals surface area contributed by atoms with E-state index in [1.807, 2.05) is 4.90 Å². The molecule has 4 saturated carbocycles. The highest BCUT2D eigenvalue weighted by atomic mass is 16.3. The van der Waals surface area contributed by atoms with E-state index in [1.54, 1.807) is 0 Å². The van der Waals surface area contributed by atoms with Crippen molar-refractivity contribution in [1.29, 1.82) is 0 Å². The first-order valence-electron chi connectivity index (χ1n) is 8.79. The maximum Gasteiger partial charge on any atom is 0.229 e. The van der Waals surface area contributed by atoms with Crippen molar-refractivity contribution in [2.24, 2.45) is 22.2 Å². The minimum atomic E-state index is -0.0966. The molecule has 0 aromatic heterocycles. The highest BCUT2D eigenvalue weighted by Crippen LogP contribution is 2.70. The maximum absolute atomic E-state index is 13.4. The molecular formula is C18H29NO2. The lowest BCUT2D eigenvalue weighted by atomic mass is 9.40. The molecule has 3 nitrogen and oxygen atoms in total. The molecule has 3 heteroatoms. The summed E-state index contributed by atoms with van der Waals surface area (Å²) in [7, 11) is 0. The first-order valence-corrected chi connectivity index (χ1v) is 8.79. The van der Waals surface area contributed by atoms with Crippen molar-refractivity contribution in [3.8, 4) is 0 Å². The molecule has 4 bridgehead atoms. The Morgan fingerprint density at radius 1 is 1.14 bits per heavy atom. The van der Waals surface area contributed by atoms with Crippen LogP contribution in [0.1, 0.15) is 65.2 Å². The van der Waals surface area contributed by atoms with E-state index in [1.165, 1.54) is 19.3 Å². The lowest BCUT2D eigenvalue weighted by Crippen LogP contribution is -2.61. The van der Waals surface area contributed by atoms with Gasteiger partial charge in [-0.15, -0.1) is 0 Å². The lowest BCUT2D eigenvalue weighted by Gasteiger charge is -2.65. The van der Waals surface area contributed by atoms with Gasteiger partial charge in [-0.05, 0) is 68.1 Å². The van der Waals surface area contributed by atoms with Gasteiger partial charge in [-0.2, -0.15) is 0 Å². The van der Waals surface area contributed by atoms with Gasteiger partial charge in [0.1, 0.15) is 0 Å². The van der Waals surface area contributed by atoms with Crippen LogP contribution in [-0.4, -0.2) is 35.1 Å². The van der Waals surface area contributed by atoms with Crippen molar-refractivity contribution >= 4 is 5.91 Å². The molecule has 0 aromatic rings. The number of carbonyl (C=O) groups excluding carboxylic acids is 1. The molecule has 1 heterocycles. The monoisotopic (exact) mass is 291 g/mol. The van der Waals surface area contributed by atoms with Crippen molar-refractivity contribution < 1.29 is 9.90 Å². The Hall–Kier alpha value is -0.570. The Bertz CT molecular complexity index is 456. The van der Waals surface area contributed by atoms with Gasteiger partial charge in [0.15, 0.2) is 0 Å². The molecule has 0 radical (unpaired) electrons. The minimum absolute atomic E-state index is 0.0890. The van der Waals surface area contributed by atoms with E-state index in [0.29, 0.717) is 16.7 Å². The summed E-state index contributed by atoms with van der Waals surface area (Å²) < 4.78 is 0. The summed E-state index contributed by atoms with van der Waals surface area (Å²) in [6, 6.07) is 0.0890. The van der Waals surface area contributed by atoms with Crippen LogP contribution in [0.25, 0.3) is 0 Å². The molecule has 1 saturated heterocycles. The van der Waals surface area contributed by atoms with Crippen molar-refractivity contribution in [3.63, 3.8) is 0 Å². The van der Waals surface area contributed by atoms with Crippen molar-refractivity contribution in [3.05, 3.63) is 0 Å². The number of nitrogens with zero attached hydrogens (tertiary/aromatic N) is 1. The SMILES string of the molecule is CC12CC3CC(C)(C1)CC(C(=O)N1CCC[C@H]1CO)(C3)C2. The highest BCUT2D eigenvalue weighted by molar-refractivity contribution is 5.84. The largest absolute Gasteiger partial charge is 0.394 e. The molecule has 0 aromatic carbocycles. The zero-order chi connectivity index (χ0) is 14.9. The van der Waals surface area contributed by atoms with Crippen LogP contribution in [0.5, 0.6) is 0 Å². The number of likely N-dealkylation sites (tertiary alicyclic amines) is 1. The Morgan fingerprint density at radius 3 is 2.38 bits per heavy atom. The van der Waals surface area contributed by atoms with Gasteiger partial charge in [0.25, 0.3) is 0 Å². The molecule has 21 heavy (non-hydrogen) atoms. The van der Waals surface area contributed by atoms with Gasteiger partial charge < -0.3 is 10.0 Å². The van der Waals surface area contributed by atoms with E-state index < -0.39 is 0 Å². The predicted molar refractivity (Wildman–Crippen MR) is 81.7 cm³/mol. The molecule has 5 aliphatic rings. The molecule has 2 unspecified atom stereocenters. The standard InChI is InChI=1S/C18H29NO2/c1-16-6-13-7-17(2,10-16)12-18(8-13,11-16)15(21)19-5-3-4-14(19)9-20/h13-14,20H,3-12H2,1-2H3/t13?,14-,16?,17?,18?/m0/s1. The van der Waals surface area contributed by atoms with Crippen LogP contribution >= 0.6 is 0 Å². The van der Waals surface area contributed by atoms with Gasteiger partial charge in [0.05, 0.1) is 18.1 Å². The minimum Gasteiger partial charge on any atom is -0.394 e. The van der Waals surface area contributed by atoms with Crippen LogP contribution in [0.4, 0.5) is 0 Å². The molecule has 1 amide bonds. The summed E-state index contributed by atoms with van der Waals surface area (Å²) in [4.78, 5) is 15.4. The van der Waals surface area contributed by atoms with Gasteiger partial charge in [0, 0.05) is 6.54 Å². The van der Waals surface area contributed by atoms with Gasteiger partial charge in [0.2, 0.25) is 5.91 Å². The van der Waals surface area contributed by atoms with Crippen LogP contribution in [0, 0.1) is 22.2 Å². The Balaban J connectivity index is 1.66. The lowest BCUT2D eigenvalue weighted by molar-refractivity contribution is -0.180. The van der Waals surface area contributed by atoms with Crippen LogP contribution < -0.4 is 0 Å². The zero-order valence-electron chi connectivity index (χ0n) is 13.5. The Morgan fingerprint density at radius 2 is 1.81 bits per heavy atom. The van der Waals surface area contributed by atoms with Gasteiger partial charge >= 0.3 is 0 Å². The second kappa shape index (κ2) is 4.24. The third-order valence-corrected chi connectivity index (χ3v) is 6.93.